The predicted molar refractivity (Wildman–Crippen MR) is 101 cm³/mol. The van der Waals surface area contributed by atoms with Crippen molar-refractivity contribution in [2.75, 3.05) is 17.3 Å². The number of carbonyl (C=O) groups excluding carboxylic acids is 1. The Bertz CT molecular complexity index is 606. The standard InChI is InChI=1S/C15H24N2O3S2.ClH/c1-11(2)22(19,20)10-12-5-4-6-13(9-12)17-15(18)14(16)7-8-21-3;/h4-6,9,11,14H,7-8,10,16H2,1-3H3,(H,17,18);1H/t14-;/m0./s1. The van der Waals surface area contributed by atoms with Crippen LogP contribution >= 0.6 is 24.2 Å². The highest BCUT2D eigenvalue weighted by Crippen LogP contribution is 2.16. The quantitative estimate of drug-likeness (QED) is 0.723. The van der Waals surface area contributed by atoms with Crippen LogP contribution in [0.2, 0.25) is 0 Å². The minimum absolute atomic E-state index is 0. The van der Waals surface area contributed by atoms with Crippen LogP contribution in [-0.4, -0.2) is 37.6 Å². The highest BCUT2D eigenvalue weighted by Gasteiger charge is 2.17. The van der Waals surface area contributed by atoms with Crippen LogP contribution < -0.4 is 11.1 Å². The zero-order valence-corrected chi connectivity index (χ0v) is 16.1. The van der Waals surface area contributed by atoms with Gasteiger partial charge in [0.15, 0.2) is 9.84 Å². The van der Waals surface area contributed by atoms with Gasteiger partial charge in [-0.25, -0.2) is 8.42 Å². The summed E-state index contributed by atoms with van der Waals surface area (Å²) in [5.41, 5.74) is 7.04. The number of carbonyl (C=O) groups is 1. The van der Waals surface area contributed by atoms with Crippen molar-refractivity contribution in [3.05, 3.63) is 29.8 Å². The summed E-state index contributed by atoms with van der Waals surface area (Å²) in [5, 5.41) is 2.31. The first-order valence-electron chi connectivity index (χ1n) is 7.12. The highest BCUT2D eigenvalue weighted by molar-refractivity contribution is 7.98. The van der Waals surface area contributed by atoms with Crippen LogP contribution in [0.4, 0.5) is 5.69 Å². The Morgan fingerprint density at radius 3 is 2.57 bits per heavy atom. The topological polar surface area (TPSA) is 89.3 Å². The lowest BCUT2D eigenvalue weighted by atomic mass is 10.2. The molecule has 1 aromatic rings. The molecule has 23 heavy (non-hydrogen) atoms. The number of hydrogen-bond donors (Lipinski definition) is 2. The van der Waals surface area contributed by atoms with E-state index in [9.17, 15) is 13.2 Å². The normalized spacial score (nSPS) is 12.6. The number of halogens is 1. The van der Waals surface area contributed by atoms with Gasteiger partial charge in [0.25, 0.3) is 0 Å². The van der Waals surface area contributed by atoms with E-state index < -0.39 is 21.1 Å². The molecule has 0 unspecified atom stereocenters. The number of nitrogens with one attached hydrogen (secondary N) is 1. The Balaban J connectivity index is 0.00000484. The molecule has 3 N–H and O–H groups in total. The Hall–Kier alpha value is -0.760. The molecule has 132 valence electrons. The van der Waals surface area contributed by atoms with Crippen molar-refractivity contribution in [3.63, 3.8) is 0 Å². The molecule has 0 fully saturated rings. The first-order chi connectivity index (χ1) is 10.3. The molecule has 1 rings (SSSR count). The molecule has 0 aliphatic carbocycles. The average Bonchev–Trinajstić information content (AvgIpc) is 2.44. The molecule has 1 amide bonds. The average molecular weight is 381 g/mol. The SMILES string of the molecule is CSCC[C@H](N)C(=O)Nc1cccc(CS(=O)(=O)C(C)C)c1.Cl. The van der Waals surface area contributed by atoms with Gasteiger partial charge in [-0.05, 0) is 50.0 Å². The molecule has 0 saturated heterocycles. The van der Waals surface area contributed by atoms with Crippen LogP contribution in [0, 0.1) is 0 Å². The van der Waals surface area contributed by atoms with Crippen molar-refractivity contribution >= 4 is 45.6 Å². The third-order valence-electron chi connectivity index (χ3n) is 3.25. The molecule has 0 bridgehead atoms. The second-order valence-electron chi connectivity index (χ2n) is 5.43. The number of rotatable bonds is 8. The van der Waals surface area contributed by atoms with Crippen molar-refractivity contribution in [1.29, 1.82) is 0 Å². The maximum Gasteiger partial charge on any atom is 0.241 e. The van der Waals surface area contributed by atoms with E-state index >= 15 is 0 Å². The number of amides is 1. The van der Waals surface area contributed by atoms with Crippen LogP contribution in [0.3, 0.4) is 0 Å². The van der Waals surface area contributed by atoms with E-state index in [0.29, 0.717) is 17.7 Å². The molecule has 8 heteroatoms. The maximum absolute atomic E-state index is 12.0. The van der Waals surface area contributed by atoms with Crippen molar-refractivity contribution in [1.82, 2.24) is 0 Å². The molecule has 0 aromatic heterocycles. The maximum atomic E-state index is 12.0. The van der Waals surface area contributed by atoms with Crippen molar-refractivity contribution in [2.24, 2.45) is 5.73 Å². The van der Waals surface area contributed by atoms with Crippen LogP contribution in [0.1, 0.15) is 25.8 Å². The smallest absolute Gasteiger partial charge is 0.241 e. The molecule has 0 heterocycles. The molecule has 0 aliphatic rings. The molecule has 0 radical (unpaired) electrons. The lowest BCUT2D eigenvalue weighted by Gasteiger charge is -2.13. The highest BCUT2D eigenvalue weighted by atomic mass is 35.5. The zero-order valence-electron chi connectivity index (χ0n) is 13.6. The van der Waals surface area contributed by atoms with E-state index in [1.165, 1.54) is 0 Å². The molecular formula is C15H25ClN2O3S2. The number of sulfone groups is 1. The summed E-state index contributed by atoms with van der Waals surface area (Å²) in [5.74, 6) is 0.534. The first kappa shape index (κ1) is 22.2. The third-order valence-corrected chi connectivity index (χ3v) is 6.07. The molecule has 1 aromatic carbocycles. The second kappa shape index (κ2) is 10.2. The largest absolute Gasteiger partial charge is 0.325 e. The molecule has 0 spiro atoms. The lowest BCUT2D eigenvalue weighted by Crippen LogP contribution is -2.36. The van der Waals surface area contributed by atoms with Gasteiger partial charge in [-0.15, -0.1) is 12.4 Å². The Labute approximate surface area is 149 Å². The van der Waals surface area contributed by atoms with E-state index in [0.717, 1.165) is 5.75 Å². The molecule has 1 atom stereocenters. The number of anilines is 1. The number of thioether (sulfide) groups is 1. The minimum atomic E-state index is -3.16. The Morgan fingerprint density at radius 2 is 2.00 bits per heavy atom. The summed E-state index contributed by atoms with van der Waals surface area (Å²) < 4.78 is 23.9. The Morgan fingerprint density at radius 1 is 1.35 bits per heavy atom. The molecule has 5 nitrogen and oxygen atoms in total. The van der Waals surface area contributed by atoms with Crippen LogP contribution in [0.15, 0.2) is 24.3 Å². The summed E-state index contributed by atoms with van der Waals surface area (Å²) in [4.78, 5) is 12.0. The molecular weight excluding hydrogens is 356 g/mol. The lowest BCUT2D eigenvalue weighted by molar-refractivity contribution is -0.117. The summed E-state index contributed by atoms with van der Waals surface area (Å²) in [6.07, 6.45) is 2.57. The number of hydrogen-bond acceptors (Lipinski definition) is 5. The van der Waals surface area contributed by atoms with Gasteiger partial charge in [-0.2, -0.15) is 11.8 Å². The molecule has 0 saturated carbocycles. The monoisotopic (exact) mass is 380 g/mol. The third kappa shape index (κ3) is 7.56. The van der Waals surface area contributed by atoms with E-state index in [4.69, 9.17) is 5.73 Å². The zero-order chi connectivity index (χ0) is 16.8. The van der Waals surface area contributed by atoms with Crippen LogP contribution in [0.5, 0.6) is 0 Å². The summed E-state index contributed by atoms with van der Waals surface area (Å²) >= 11 is 1.64. The fourth-order valence-electron chi connectivity index (χ4n) is 1.75. The van der Waals surface area contributed by atoms with Gasteiger partial charge in [0.1, 0.15) is 0 Å². The van der Waals surface area contributed by atoms with Gasteiger partial charge in [-0.3, -0.25) is 4.79 Å². The van der Waals surface area contributed by atoms with Gasteiger partial charge >= 0.3 is 0 Å². The first-order valence-corrected chi connectivity index (χ1v) is 10.2. The van der Waals surface area contributed by atoms with Gasteiger partial charge in [0.2, 0.25) is 5.91 Å². The van der Waals surface area contributed by atoms with E-state index in [-0.39, 0.29) is 24.1 Å². The van der Waals surface area contributed by atoms with Crippen molar-refractivity contribution < 1.29 is 13.2 Å². The van der Waals surface area contributed by atoms with Crippen LogP contribution in [-0.2, 0) is 20.4 Å². The number of nitrogens with two attached hydrogens (primary N) is 1. The van der Waals surface area contributed by atoms with E-state index in [1.807, 2.05) is 6.26 Å². The Kier molecular flexibility index (Phi) is 9.84. The predicted octanol–water partition coefficient (Wildman–Crippen LogP) is 2.45. The van der Waals surface area contributed by atoms with E-state index in [2.05, 4.69) is 5.32 Å². The van der Waals surface area contributed by atoms with Crippen molar-refractivity contribution in [3.8, 4) is 0 Å². The summed E-state index contributed by atoms with van der Waals surface area (Å²) in [7, 11) is -3.16. The molecule has 0 aliphatic heterocycles. The van der Waals surface area contributed by atoms with Crippen molar-refractivity contribution in [2.45, 2.75) is 37.3 Å². The van der Waals surface area contributed by atoms with Gasteiger partial charge < -0.3 is 11.1 Å². The summed E-state index contributed by atoms with van der Waals surface area (Å²) in [6.45, 7) is 3.32. The van der Waals surface area contributed by atoms with Crippen LogP contribution in [0.25, 0.3) is 0 Å². The summed E-state index contributed by atoms with van der Waals surface area (Å²) in [6, 6.07) is 6.32. The van der Waals surface area contributed by atoms with E-state index in [1.54, 1.807) is 49.9 Å². The van der Waals surface area contributed by atoms with Gasteiger partial charge in [-0.1, -0.05) is 12.1 Å². The fraction of sp³-hybridized carbons (Fsp3) is 0.533. The second-order valence-corrected chi connectivity index (χ2v) is 8.98. The van der Waals surface area contributed by atoms with Gasteiger partial charge in [0.05, 0.1) is 17.0 Å². The minimum Gasteiger partial charge on any atom is -0.325 e. The fourth-order valence-corrected chi connectivity index (χ4v) is 3.22. The number of benzene rings is 1. The van der Waals surface area contributed by atoms with Gasteiger partial charge in [0, 0.05) is 5.69 Å².